The zero-order valence-electron chi connectivity index (χ0n) is 13.5. The average Bonchev–Trinajstić information content (AvgIpc) is 3.00. The van der Waals surface area contributed by atoms with E-state index in [1.165, 1.54) is 12.1 Å². The highest BCUT2D eigenvalue weighted by molar-refractivity contribution is 6.33. The summed E-state index contributed by atoms with van der Waals surface area (Å²) in [5.41, 5.74) is 3.12. The molecule has 1 heterocycles. The maximum absolute atomic E-state index is 11.5. The fourth-order valence-corrected chi connectivity index (χ4v) is 3.00. The quantitative estimate of drug-likeness (QED) is 0.639. The SMILES string of the molecule is Cc1cc([N+](=O)[O-])cc(Cl)c1NCc1ccc(N2CCOC2=O)cc1. The Balaban J connectivity index is 1.70. The summed E-state index contributed by atoms with van der Waals surface area (Å²) in [6, 6.07) is 10.3. The van der Waals surface area contributed by atoms with Crippen LogP contribution in [0.3, 0.4) is 0 Å². The third-order valence-corrected chi connectivity index (χ3v) is 4.26. The van der Waals surface area contributed by atoms with Crippen LogP contribution in [0.1, 0.15) is 11.1 Å². The van der Waals surface area contributed by atoms with Crippen LogP contribution in [0.5, 0.6) is 0 Å². The molecule has 0 bridgehead atoms. The molecule has 25 heavy (non-hydrogen) atoms. The molecule has 3 rings (SSSR count). The van der Waals surface area contributed by atoms with Gasteiger partial charge < -0.3 is 10.1 Å². The number of nitrogens with zero attached hydrogens (tertiary/aromatic N) is 2. The predicted molar refractivity (Wildman–Crippen MR) is 95.3 cm³/mol. The third kappa shape index (κ3) is 3.66. The average molecular weight is 362 g/mol. The van der Waals surface area contributed by atoms with Gasteiger partial charge in [0.05, 0.1) is 22.2 Å². The lowest BCUT2D eigenvalue weighted by molar-refractivity contribution is -0.384. The predicted octanol–water partition coefficient (Wildman–Crippen LogP) is 4.13. The summed E-state index contributed by atoms with van der Waals surface area (Å²) in [6.45, 7) is 3.22. The van der Waals surface area contributed by atoms with Crippen LogP contribution in [0, 0.1) is 17.0 Å². The number of amides is 1. The third-order valence-electron chi connectivity index (χ3n) is 3.96. The van der Waals surface area contributed by atoms with Gasteiger partial charge in [-0.15, -0.1) is 0 Å². The summed E-state index contributed by atoms with van der Waals surface area (Å²) in [5, 5.41) is 14.4. The molecule has 8 heteroatoms. The topological polar surface area (TPSA) is 84.7 Å². The molecular formula is C17H16ClN3O4. The number of benzene rings is 2. The second kappa shape index (κ2) is 6.98. The lowest BCUT2D eigenvalue weighted by Gasteiger charge is -2.14. The van der Waals surface area contributed by atoms with E-state index in [1.807, 2.05) is 24.3 Å². The molecule has 0 aromatic heterocycles. The van der Waals surface area contributed by atoms with Crippen LogP contribution in [-0.4, -0.2) is 24.2 Å². The van der Waals surface area contributed by atoms with Gasteiger partial charge in [-0.2, -0.15) is 0 Å². The van der Waals surface area contributed by atoms with Crippen molar-refractivity contribution in [1.29, 1.82) is 0 Å². The van der Waals surface area contributed by atoms with Crippen LogP contribution in [0.4, 0.5) is 21.9 Å². The van der Waals surface area contributed by atoms with Gasteiger partial charge in [0.1, 0.15) is 6.61 Å². The van der Waals surface area contributed by atoms with Crippen molar-refractivity contribution in [1.82, 2.24) is 0 Å². The van der Waals surface area contributed by atoms with Gasteiger partial charge in [-0.25, -0.2) is 4.79 Å². The van der Waals surface area contributed by atoms with Gasteiger partial charge in [0.25, 0.3) is 5.69 Å². The number of non-ortho nitro benzene ring substituents is 1. The number of rotatable bonds is 5. The molecule has 0 spiro atoms. The Morgan fingerprint density at radius 3 is 2.60 bits per heavy atom. The van der Waals surface area contributed by atoms with Crippen molar-refractivity contribution in [2.45, 2.75) is 13.5 Å². The van der Waals surface area contributed by atoms with Crippen molar-refractivity contribution in [3.63, 3.8) is 0 Å². The molecule has 0 aliphatic carbocycles. The van der Waals surface area contributed by atoms with Gasteiger partial charge in [0.2, 0.25) is 0 Å². The molecule has 1 saturated heterocycles. The minimum absolute atomic E-state index is 0.0325. The Bertz CT molecular complexity index is 800. The van der Waals surface area contributed by atoms with Crippen molar-refractivity contribution in [2.75, 3.05) is 23.4 Å². The first kappa shape index (κ1) is 17.0. The van der Waals surface area contributed by atoms with Crippen LogP contribution < -0.4 is 10.2 Å². The molecule has 1 fully saturated rings. The molecule has 1 aliphatic heterocycles. The van der Waals surface area contributed by atoms with E-state index in [9.17, 15) is 14.9 Å². The monoisotopic (exact) mass is 361 g/mol. The highest BCUT2D eigenvalue weighted by Gasteiger charge is 2.23. The molecule has 0 unspecified atom stereocenters. The highest BCUT2D eigenvalue weighted by atomic mass is 35.5. The van der Waals surface area contributed by atoms with Crippen molar-refractivity contribution >= 4 is 34.8 Å². The van der Waals surface area contributed by atoms with Gasteiger partial charge in [-0.1, -0.05) is 23.7 Å². The number of nitrogens with one attached hydrogen (secondary N) is 1. The lowest BCUT2D eigenvalue weighted by Crippen LogP contribution is -2.23. The zero-order valence-corrected chi connectivity index (χ0v) is 14.2. The minimum Gasteiger partial charge on any atom is -0.447 e. The normalized spacial score (nSPS) is 13.7. The number of ether oxygens (including phenoxy) is 1. The number of aryl methyl sites for hydroxylation is 1. The van der Waals surface area contributed by atoms with Crippen LogP contribution in [0.15, 0.2) is 36.4 Å². The van der Waals surface area contributed by atoms with E-state index in [0.29, 0.717) is 36.0 Å². The molecule has 1 aliphatic rings. The molecule has 0 atom stereocenters. The van der Waals surface area contributed by atoms with E-state index in [0.717, 1.165) is 11.3 Å². The van der Waals surface area contributed by atoms with Gasteiger partial charge in [-0.3, -0.25) is 15.0 Å². The number of hydrogen-bond donors (Lipinski definition) is 1. The van der Waals surface area contributed by atoms with E-state index in [1.54, 1.807) is 11.8 Å². The summed E-state index contributed by atoms with van der Waals surface area (Å²) in [4.78, 5) is 23.5. The lowest BCUT2D eigenvalue weighted by atomic mass is 10.1. The van der Waals surface area contributed by atoms with E-state index in [2.05, 4.69) is 5.32 Å². The number of cyclic esters (lactones) is 1. The summed E-state index contributed by atoms with van der Waals surface area (Å²) in [7, 11) is 0. The fraction of sp³-hybridized carbons (Fsp3) is 0.235. The molecular weight excluding hydrogens is 346 g/mol. The molecule has 0 saturated carbocycles. The number of halogens is 1. The molecule has 1 amide bonds. The number of hydrogen-bond acceptors (Lipinski definition) is 5. The Kier molecular flexibility index (Phi) is 4.76. The van der Waals surface area contributed by atoms with Crippen LogP contribution in [0.2, 0.25) is 5.02 Å². The summed E-state index contributed by atoms with van der Waals surface area (Å²) < 4.78 is 4.92. The van der Waals surface area contributed by atoms with Crippen molar-refractivity contribution in [3.05, 3.63) is 62.7 Å². The molecule has 2 aromatic carbocycles. The minimum atomic E-state index is -0.468. The van der Waals surface area contributed by atoms with Gasteiger partial charge in [0.15, 0.2) is 0 Å². The maximum Gasteiger partial charge on any atom is 0.414 e. The number of carbonyl (C=O) groups excluding carboxylic acids is 1. The smallest absolute Gasteiger partial charge is 0.414 e. The standard InChI is InChI=1S/C17H16ClN3O4/c1-11-8-14(21(23)24)9-15(18)16(11)19-10-12-2-4-13(5-3-12)20-6-7-25-17(20)22/h2-5,8-9,19H,6-7,10H2,1H3. The van der Waals surface area contributed by atoms with E-state index < -0.39 is 4.92 Å². The van der Waals surface area contributed by atoms with E-state index >= 15 is 0 Å². The number of anilines is 2. The number of carbonyl (C=O) groups is 1. The summed E-state index contributed by atoms with van der Waals surface area (Å²) in [6.07, 6.45) is -0.334. The van der Waals surface area contributed by atoms with Crippen molar-refractivity contribution in [3.8, 4) is 0 Å². The van der Waals surface area contributed by atoms with Crippen molar-refractivity contribution < 1.29 is 14.5 Å². The van der Waals surface area contributed by atoms with E-state index in [4.69, 9.17) is 16.3 Å². The zero-order chi connectivity index (χ0) is 18.0. The molecule has 7 nitrogen and oxygen atoms in total. The van der Waals surface area contributed by atoms with Crippen LogP contribution in [0.25, 0.3) is 0 Å². The fourth-order valence-electron chi connectivity index (χ4n) is 2.67. The van der Waals surface area contributed by atoms with E-state index in [-0.39, 0.29) is 11.8 Å². The first-order chi connectivity index (χ1) is 12.0. The molecule has 1 N–H and O–H groups in total. The number of nitro groups is 1. The largest absolute Gasteiger partial charge is 0.447 e. The first-order valence-corrected chi connectivity index (χ1v) is 8.05. The number of nitro benzene ring substituents is 1. The van der Waals surface area contributed by atoms with Crippen LogP contribution in [-0.2, 0) is 11.3 Å². The van der Waals surface area contributed by atoms with Gasteiger partial charge in [-0.05, 0) is 30.2 Å². The van der Waals surface area contributed by atoms with Crippen LogP contribution >= 0.6 is 11.6 Å². The molecule has 130 valence electrons. The summed E-state index contributed by atoms with van der Waals surface area (Å²) >= 11 is 6.15. The second-order valence-corrected chi connectivity index (χ2v) is 6.07. The molecule has 2 aromatic rings. The molecule has 0 radical (unpaired) electrons. The van der Waals surface area contributed by atoms with Gasteiger partial charge >= 0.3 is 6.09 Å². The summed E-state index contributed by atoms with van der Waals surface area (Å²) in [5.74, 6) is 0. The van der Waals surface area contributed by atoms with Gasteiger partial charge in [0, 0.05) is 24.4 Å². The highest BCUT2D eigenvalue weighted by Crippen LogP contribution is 2.31. The Hall–Kier alpha value is -2.80. The Morgan fingerprint density at radius 1 is 1.32 bits per heavy atom. The first-order valence-electron chi connectivity index (χ1n) is 7.67. The maximum atomic E-state index is 11.5. The second-order valence-electron chi connectivity index (χ2n) is 5.66. The van der Waals surface area contributed by atoms with Crippen molar-refractivity contribution in [2.24, 2.45) is 0 Å². The Morgan fingerprint density at radius 2 is 2.04 bits per heavy atom. The Labute approximate surface area is 149 Å².